The van der Waals surface area contributed by atoms with Gasteiger partial charge in [0.1, 0.15) is 5.69 Å². The molecule has 1 aliphatic rings. The van der Waals surface area contributed by atoms with Crippen LogP contribution in [0.4, 0.5) is 0 Å². The van der Waals surface area contributed by atoms with Crippen molar-refractivity contribution in [2.75, 3.05) is 0 Å². The van der Waals surface area contributed by atoms with Crippen LogP contribution >= 0.6 is 34.8 Å². The minimum Gasteiger partial charge on any atom is -0.421 e. The highest BCUT2D eigenvalue weighted by Crippen LogP contribution is 2.32. The number of hydrogen-bond donors (Lipinski definition) is 0. The summed E-state index contributed by atoms with van der Waals surface area (Å²) in [7, 11) is 0. The van der Waals surface area contributed by atoms with Crippen LogP contribution in [0, 0.1) is 0 Å². The Morgan fingerprint density at radius 1 is 1.13 bits per heavy atom. The number of benzene rings is 1. The van der Waals surface area contributed by atoms with Crippen LogP contribution in [0.3, 0.4) is 0 Å². The fraction of sp³-hybridized carbons (Fsp3) is 0.0588. The van der Waals surface area contributed by atoms with E-state index in [1.165, 1.54) is 12.1 Å². The van der Waals surface area contributed by atoms with Gasteiger partial charge in [0.05, 0.1) is 10.6 Å². The fourth-order valence-electron chi connectivity index (χ4n) is 2.17. The summed E-state index contributed by atoms with van der Waals surface area (Å²) in [6, 6.07) is 8.19. The molecule has 1 aromatic heterocycles. The Hall–Kier alpha value is -1.81. The highest BCUT2D eigenvalue weighted by atomic mass is 35.5. The molecule has 116 valence electrons. The summed E-state index contributed by atoms with van der Waals surface area (Å²) in [6.07, 6.45) is 5.73. The van der Waals surface area contributed by atoms with E-state index in [1.807, 2.05) is 12.1 Å². The standard InChI is InChI=1S/C17H10Cl3NO2/c18-10-6-7-12(14(20)9-10)17(22)23-15-5-1-4-13(19)11-3-2-8-21-16(11)15/h2-9H,1H2. The van der Waals surface area contributed by atoms with Gasteiger partial charge in [0.2, 0.25) is 0 Å². The van der Waals surface area contributed by atoms with Crippen LogP contribution in [0.25, 0.3) is 10.8 Å². The average Bonchev–Trinajstić information content (AvgIpc) is 2.68. The monoisotopic (exact) mass is 365 g/mol. The van der Waals surface area contributed by atoms with Gasteiger partial charge in [-0.2, -0.15) is 0 Å². The minimum absolute atomic E-state index is 0.231. The Kier molecular flexibility index (Phi) is 4.71. The SMILES string of the molecule is O=C(OC1=CCC=C(Cl)c2cccnc21)c1ccc(Cl)cc1Cl. The number of hydrogen-bond acceptors (Lipinski definition) is 3. The first-order valence-electron chi connectivity index (χ1n) is 6.75. The Morgan fingerprint density at radius 3 is 2.74 bits per heavy atom. The molecule has 23 heavy (non-hydrogen) atoms. The minimum atomic E-state index is -0.576. The van der Waals surface area contributed by atoms with Gasteiger partial charge in [-0.15, -0.1) is 0 Å². The molecule has 3 nitrogen and oxygen atoms in total. The molecule has 1 aliphatic carbocycles. The number of fused-ring (bicyclic) bond motifs is 1. The molecule has 0 fully saturated rings. The van der Waals surface area contributed by atoms with Gasteiger partial charge in [0, 0.05) is 21.8 Å². The normalized spacial score (nSPS) is 13.5. The molecule has 1 aromatic carbocycles. The highest BCUT2D eigenvalue weighted by Gasteiger charge is 2.20. The molecular weight excluding hydrogens is 357 g/mol. The van der Waals surface area contributed by atoms with Gasteiger partial charge < -0.3 is 4.74 Å². The Labute approximate surface area is 148 Å². The number of aromatic nitrogens is 1. The van der Waals surface area contributed by atoms with Crippen molar-refractivity contribution in [2.24, 2.45) is 0 Å². The molecule has 0 aliphatic heterocycles. The number of rotatable bonds is 2. The van der Waals surface area contributed by atoms with E-state index in [0.29, 0.717) is 33.5 Å². The second-order valence-electron chi connectivity index (χ2n) is 4.77. The highest BCUT2D eigenvalue weighted by molar-refractivity contribution is 6.49. The predicted octanol–water partition coefficient (Wildman–Crippen LogP) is 5.57. The maximum Gasteiger partial charge on any atom is 0.345 e. The van der Waals surface area contributed by atoms with E-state index in [4.69, 9.17) is 39.5 Å². The number of pyridine rings is 1. The lowest BCUT2D eigenvalue weighted by atomic mass is 10.1. The van der Waals surface area contributed by atoms with E-state index < -0.39 is 5.97 Å². The quantitative estimate of drug-likeness (QED) is 0.652. The van der Waals surface area contributed by atoms with Crippen molar-refractivity contribution in [1.82, 2.24) is 4.98 Å². The Balaban J connectivity index is 1.93. The van der Waals surface area contributed by atoms with E-state index in [-0.39, 0.29) is 10.6 Å². The summed E-state index contributed by atoms with van der Waals surface area (Å²) in [6.45, 7) is 0. The number of esters is 1. The third-order valence-electron chi connectivity index (χ3n) is 3.25. The molecule has 0 spiro atoms. The van der Waals surface area contributed by atoms with Crippen molar-refractivity contribution < 1.29 is 9.53 Å². The van der Waals surface area contributed by atoms with Crippen molar-refractivity contribution in [3.63, 3.8) is 0 Å². The van der Waals surface area contributed by atoms with E-state index in [2.05, 4.69) is 4.98 Å². The van der Waals surface area contributed by atoms with Gasteiger partial charge >= 0.3 is 5.97 Å². The number of carbonyl (C=O) groups excluding carboxylic acids is 1. The second kappa shape index (κ2) is 6.75. The maximum atomic E-state index is 12.4. The molecule has 0 saturated carbocycles. The largest absolute Gasteiger partial charge is 0.421 e. The molecule has 0 atom stereocenters. The van der Waals surface area contributed by atoms with Gasteiger partial charge in [0.25, 0.3) is 0 Å². The summed E-state index contributed by atoms with van der Waals surface area (Å²) in [4.78, 5) is 16.6. The first-order valence-corrected chi connectivity index (χ1v) is 7.88. The molecule has 0 unspecified atom stereocenters. The summed E-state index contributed by atoms with van der Waals surface area (Å²) in [5.41, 5.74) is 1.47. The number of halogens is 3. The molecular formula is C17H10Cl3NO2. The summed E-state index contributed by atoms with van der Waals surface area (Å²) < 4.78 is 5.49. The molecule has 6 heteroatoms. The zero-order valence-corrected chi connectivity index (χ0v) is 14.0. The average molecular weight is 367 g/mol. The summed E-state index contributed by atoms with van der Waals surface area (Å²) >= 11 is 18.1. The molecule has 0 N–H and O–H groups in total. The first kappa shape index (κ1) is 16.1. The number of allylic oxidation sites excluding steroid dienone is 2. The third-order valence-corrected chi connectivity index (χ3v) is 4.16. The van der Waals surface area contributed by atoms with Gasteiger partial charge in [-0.3, -0.25) is 4.98 Å². The predicted molar refractivity (Wildman–Crippen MR) is 92.5 cm³/mol. The van der Waals surface area contributed by atoms with Crippen molar-refractivity contribution in [3.05, 3.63) is 75.5 Å². The van der Waals surface area contributed by atoms with Gasteiger partial charge in [-0.1, -0.05) is 40.9 Å². The van der Waals surface area contributed by atoms with E-state index in [9.17, 15) is 4.79 Å². The lowest BCUT2D eigenvalue weighted by Crippen LogP contribution is -2.07. The molecule has 1 heterocycles. The van der Waals surface area contributed by atoms with Crippen molar-refractivity contribution in [2.45, 2.75) is 6.42 Å². The van der Waals surface area contributed by atoms with Crippen molar-refractivity contribution in [3.8, 4) is 0 Å². The first-order chi connectivity index (χ1) is 11.1. The number of nitrogens with zero attached hydrogens (tertiary/aromatic N) is 1. The third kappa shape index (κ3) is 3.42. The van der Waals surface area contributed by atoms with Crippen molar-refractivity contribution >= 4 is 51.6 Å². The van der Waals surface area contributed by atoms with Crippen molar-refractivity contribution in [1.29, 1.82) is 0 Å². The van der Waals surface area contributed by atoms with Gasteiger partial charge in [-0.05, 0) is 42.8 Å². The molecule has 0 saturated heterocycles. The molecule has 0 amide bonds. The smallest absolute Gasteiger partial charge is 0.345 e. The van der Waals surface area contributed by atoms with Gasteiger partial charge in [0.15, 0.2) is 5.76 Å². The summed E-state index contributed by atoms with van der Waals surface area (Å²) in [5.74, 6) is -0.226. The van der Waals surface area contributed by atoms with Crippen LogP contribution in [0.15, 0.2) is 48.7 Å². The zero-order valence-electron chi connectivity index (χ0n) is 11.7. The lowest BCUT2D eigenvalue weighted by Gasteiger charge is -2.11. The van der Waals surface area contributed by atoms with Crippen LogP contribution < -0.4 is 0 Å². The second-order valence-corrected chi connectivity index (χ2v) is 6.02. The van der Waals surface area contributed by atoms with Crippen LogP contribution in [0.5, 0.6) is 0 Å². The van der Waals surface area contributed by atoms with Crippen LogP contribution in [0.1, 0.15) is 28.0 Å². The fourth-order valence-corrected chi connectivity index (χ4v) is 2.90. The number of ether oxygens (including phenoxy) is 1. The lowest BCUT2D eigenvalue weighted by molar-refractivity contribution is 0.0691. The number of carbonyl (C=O) groups is 1. The Bertz CT molecular complexity index is 843. The summed E-state index contributed by atoms with van der Waals surface area (Å²) in [5, 5.41) is 1.25. The van der Waals surface area contributed by atoms with Gasteiger partial charge in [-0.25, -0.2) is 4.79 Å². The molecule has 0 bridgehead atoms. The molecule has 2 aromatic rings. The van der Waals surface area contributed by atoms with E-state index in [1.54, 1.807) is 24.4 Å². The zero-order chi connectivity index (χ0) is 16.4. The van der Waals surface area contributed by atoms with Crippen LogP contribution in [0.2, 0.25) is 10.0 Å². The van der Waals surface area contributed by atoms with E-state index >= 15 is 0 Å². The maximum absolute atomic E-state index is 12.4. The van der Waals surface area contributed by atoms with Crippen LogP contribution in [-0.2, 0) is 4.74 Å². The topological polar surface area (TPSA) is 39.2 Å². The van der Waals surface area contributed by atoms with Crippen LogP contribution in [-0.4, -0.2) is 11.0 Å². The molecule has 3 rings (SSSR count). The molecule has 0 radical (unpaired) electrons. The van der Waals surface area contributed by atoms with E-state index in [0.717, 1.165) is 0 Å². The Morgan fingerprint density at radius 2 is 1.96 bits per heavy atom.